The Kier molecular flexibility index (Phi) is 3.40. The second-order valence-corrected chi connectivity index (χ2v) is 2.84. The molecule has 0 spiro atoms. The number of allylic oxidation sites excluding steroid dienone is 1. The van der Waals surface area contributed by atoms with Gasteiger partial charge in [0.15, 0.2) is 0 Å². The Hall–Kier alpha value is -1.64. The van der Waals surface area contributed by atoms with Gasteiger partial charge in [-0.05, 0) is 36.8 Å². The minimum absolute atomic E-state index is 0.309. The van der Waals surface area contributed by atoms with Crippen molar-refractivity contribution in [1.29, 1.82) is 0 Å². The highest BCUT2D eigenvalue weighted by Gasteiger charge is 2.04. The van der Waals surface area contributed by atoms with Crippen molar-refractivity contribution in [2.75, 3.05) is 7.11 Å². The average Bonchev–Trinajstić information content (AvgIpc) is 2.19. The topological polar surface area (TPSA) is 26.3 Å². The maximum Gasteiger partial charge on any atom is 0.142 e. The van der Waals surface area contributed by atoms with E-state index in [0.717, 1.165) is 0 Å². The largest absolute Gasteiger partial charge is 0.496 e. The van der Waals surface area contributed by atoms with E-state index in [1.807, 2.05) is 0 Å². The van der Waals surface area contributed by atoms with E-state index in [2.05, 4.69) is 0 Å². The Labute approximate surface area is 82.0 Å². The molecule has 0 unspecified atom stereocenters. The highest BCUT2D eigenvalue weighted by Crippen LogP contribution is 2.23. The normalized spacial score (nSPS) is 10.5. The molecule has 14 heavy (non-hydrogen) atoms. The van der Waals surface area contributed by atoms with Crippen LogP contribution in [0.15, 0.2) is 18.2 Å². The zero-order valence-electron chi connectivity index (χ0n) is 8.08. The molecule has 0 aliphatic heterocycles. The maximum absolute atomic E-state index is 13.1. The number of ether oxygens (including phenoxy) is 1. The van der Waals surface area contributed by atoms with E-state index in [4.69, 9.17) is 4.74 Å². The van der Waals surface area contributed by atoms with Gasteiger partial charge in [0.1, 0.15) is 17.9 Å². The first-order valence-corrected chi connectivity index (χ1v) is 4.15. The van der Waals surface area contributed by atoms with E-state index < -0.39 is 0 Å². The Bertz CT molecular complexity index is 370. The van der Waals surface area contributed by atoms with Crippen LogP contribution >= 0.6 is 0 Å². The molecule has 0 saturated carbocycles. The fraction of sp³-hybridized carbons (Fsp3) is 0.182. The van der Waals surface area contributed by atoms with Crippen molar-refractivity contribution in [1.82, 2.24) is 0 Å². The van der Waals surface area contributed by atoms with Crippen molar-refractivity contribution >= 4 is 12.4 Å². The smallest absolute Gasteiger partial charge is 0.142 e. The summed E-state index contributed by atoms with van der Waals surface area (Å²) in [5.74, 6) is 0.248. The van der Waals surface area contributed by atoms with Gasteiger partial charge in [-0.1, -0.05) is 0 Å². The van der Waals surface area contributed by atoms with Crippen LogP contribution in [-0.2, 0) is 4.79 Å². The zero-order chi connectivity index (χ0) is 10.6. The number of hydrogen-bond donors (Lipinski definition) is 0. The molecule has 0 fully saturated rings. The number of carbonyl (C=O) groups is 1. The van der Waals surface area contributed by atoms with Crippen molar-refractivity contribution in [3.63, 3.8) is 0 Å². The van der Waals surface area contributed by atoms with Crippen LogP contribution in [-0.4, -0.2) is 13.4 Å². The highest BCUT2D eigenvalue weighted by molar-refractivity contribution is 5.75. The van der Waals surface area contributed by atoms with E-state index in [1.165, 1.54) is 25.3 Å². The molecule has 0 atom stereocenters. The fourth-order valence-electron chi connectivity index (χ4n) is 1.12. The van der Waals surface area contributed by atoms with Crippen LogP contribution in [0, 0.1) is 12.7 Å². The lowest BCUT2D eigenvalue weighted by molar-refractivity contribution is -0.104. The lowest BCUT2D eigenvalue weighted by atomic mass is 10.1. The van der Waals surface area contributed by atoms with Crippen LogP contribution in [0.5, 0.6) is 5.75 Å². The molecule has 0 heterocycles. The van der Waals surface area contributed by atoms with Gasteiger partial charge in [-0.15, -0.1) is 0 Å². The Morgan fingerprint density at radius 3 is 2.71 bits per heavy atom. The molecule has 0 N–H and O–H groups in total. The molecule has 1 aromatic carbocycles. The molecule has 0 bridgehead atoms. The van der Waals surface area contributed by atoms with Crippen LogP contribution in [0.4, 0.5) is 4.39 Å². The van der Waals surface area contributed by atoms with Gasteiger partial charge in [-0.25, -0.2) is 4.39 Å². The van der Waals surface area contributed by atoms with Crippen molar-refractivity contribution < 1.29 is 13.9 Å². The summed E-state index contributed by atoms with van der Waals surface area (Å²) < 4.78 is 18.2. The number of hydrogen-bond acceptors (Lipinski definition) is 2. The summed E-state index contributed by atoms with van der Waals surface area (Å²) in [6.07, 6.45) is 3.44. The van der Waals surface area contributed by atoms with E-state index in [9.17, 15) is 9.18 Å². The summed E-state index contributed by atoms with van der Waals surface area (Å²) in [6, 6.07) is 2.94. The van der Waals surface area contributed by atoms with Crippen molar-refractivity contribution in [2.24, 2.45) is 0 Å². The Balaban J connectivity index is 3.19. The predicted octanol–water partition coefficient (Wildman–Crippen LogP) is 2.35. The first-order valence-electron chi connectivity index (χ1n) is 4.15. The van der Waals surface area contributed by atoms with Gasteiger partial charge in [0, 0.05) is 5.56 Å². The molecule has 0 aliphatic rings. The highest BCUT2D eigenvalue weighted by atomic mass is 19.1. The second-order valence-electron chi connectivity index (χ2n) is 2.84. The lowest BCUT2D eigenvalue weighted by Gasteiger charge is -2.06. The van der Waals surface area contributed by atoms with Crippen molar-refractivity contribution in [2.45, 2.75) is 6.92 Å². The third-order valence-corrected chi connectivity index (χ3v) is 1.87. The van der Waals surface area contributed by atoms with Gasteiger partial charge in [0.05, 0.1) is 7.11 Å². The van der Waals surface area contributed by atoms with Gasteiger partial charge < -0.3 is 4.74 Å². The third kappa shape index (κ3) is 2.19. The van der Waals surface area contributed by atoms with Gasteiger partial charge in [0.2, 0.25) is 0 Å². The molecule has 1 rings (SSSR count). The van der Waals surface area contributed by atoms with Crippen molar-refractivity contribution in [3.05, 3.63) is 35.2 Å². The fourth-order valence-corrected chi connectivity index (χ4v) is 1.12. The van der Waals surface area contributed by atoms with E-state index in [0.29, 0.717) is 23.2 Å². The third-order valence-electron chi connectivity index (χ3n) is 1.87. The SMILES string of the molecule is COc1cc(C)c(F)cc1/C=C/C=O. The summed E-state index contributed by atoms with van der Waals surface area (Å²) in [5, 5.41) is 0. The standard InChI is InChI=1S/C11H11FO2/c1-8-6-11(14-2)9(4-3-5-13)7-10(8)12/h3-7H,1-2H3/b4-3+. The molecule has 0 aliphatic carbocycles. The molecule has 0 amide bonds. The van der Waals surface area contributed by atoms with Gasteiger partial charge in [-0.3, -0.25) is 4.79 Å². The predicted molar refractivity (Wildman–Crippen MR) is 52.8 cm³/mol. The number of aryl methyl sites for hydroxylation is 1. The Morgan fingerprint density at radius 2 is 2.14 bits per heavy atom. The summed E-state index contributed by atoms with van der Waals surface area (Å²) in [7, 11) is 1.50. The molecule has 3 heteroatoms. The van der Waals surface area contributed by atoms with Crippen LogP contribution in [0.25, 0.3) is 6.08 Å². The summed E-state index contributed by atoms with van der Waals surface area (Å²) in [6.45, 7) is 1.66. The summed E-state index contributed by atoms with van der Waals surface area (Å²) >= 11 is 0. The molecule has 1 aromatic rings. The molecule has 74 valence electrons. The van der Waals surface area contributed by atoms with Gasteiger partial charge in [0.25, 0.3) is 0 Å². The van der Waals surface area contributed by atoms with Crippen LogP contribution in [0.3, 0.4) is 0 Å². The molecule has 2 nitrogen and oxygen atoms in total. The van der Waals surface area contributed by atoms with E-state index in [1.54, 1.807) is 13.0 Å². The average molecular weight is 194 g/mol. The molecule has 0 aromatic heterocycles. The van der Waals surface area contributed by atoms with Crippen molar-refractivity contribution in [3.8, 4) is 5.75 Å². The van der Waals surface area contributed by atoms with E-state index >= 15 is 0 Å². The Morgan fingerprint density at radius 1 is 1.43 bits per heavy atom. The molecular weight excluding hydrogens is 183 g/mol. The van der Waals surface area contributed by atoms with Gasteiger partial charge >= 0.3 is 0 Å². The first kappa shape index (κ1) is 10.4. The summed E-state index contributed by atoms with van der Waals surface area (Å²) in [4.78, 5) is 10.1. The zero-order valence-corrected chi connectivity index (χ0v) is 8.08. The first-order chi connectivity index (χ1) is 6.69. The quantitative estimate of drug-likeness (QED) is 0.545. The minimum Gasteiger partial charge on any atom is -0.496 e. The summed E-state index contributed by atoms with van der Waals surface area (Å²) in [5.41, 5.74) is 1.08. The number of rotatable bonds is 3. The van der Waals surface area contributed by atoms with E-state index in [-0.39, 0.29) is 5.82 Å². The monoisotopic (exact) mass is 194 g/mol. The van der Waals surface area contributed by atoms with Gasteiger partial charge in [-0.2, -0.15) is 0 Å². The number of benzene rings is 1. The number of halogens is 1. The molecular formula is C11H11FO2. The molecule has 0 saturated heterocycles. The van der Waals surface area contributed by atoms with Crippen LogP contribution < -0.4 is 4.74 Å². The maximum atomic E-state index is 13.1. The number of aldehydes is 1. The lowest BCUT2D eigenvalue weighted by Crippen LogP contribution is -1.91. The number of carbonyl (C=O) groups excluding carboxylic acids is 1. The second kappa shape index (κ2) is 4.56. The van der Waals surface area contributed by atoms with Crippen LogP contribution in [0.2, 0.25) is 0 Å². The minimum atomic E-state index is -0.309. The molecule has 0 radical (unpaired) electrons. The number of methoxy groups -OCH3 is 1. The van der Waals surface area contributed by atoms with Crippen LogP contribution in [0.1, 0.15) is 11.1 Å².